The largest absolute Gasteiger partial charge is 0.338 e. The lowest BCUT2D eigenvalue weighted by Crippen LogP contribution is -2.13. The Hall–Kier alpha value is -4.98. The maximum atomic E-state index is 12.6. The van der Waals surface area contributed by atoms with E-state index in [0.717, 1.165) is 44.5 Å². The number of carbonyl (C=O) groups is 1. The highest BCUT2D eigenvalue weighted by molar-refractivity contribution is 5.91. The number of amides is 1. The summed E-state index contributed by atoms with van der Waals surface area (Å²) >= 11 is 0. The summed E-state index contributed by atoms with van der Waals surface area (Å²) in [6.45, 7) is 2.02. The molecule has 0 saturated heterocycles. The molecule has 0 atom stereocenters. The minimum absolute atomic E-state index is 0.171. The summed E-state index contributed by atoms with van der Waals surface area (Å²) in [5.74, 6) is 0.157. The van der Waals surface area contributed by atoms with Crippen molar-refractivity contribution in [3.8, 4) is 28.1 Å². The molecule has 182 valence electrons. The average molecular weight is 489 g/mol. The van der Waals surface area contributed by atoms with Gasteiger partial charge in [-0.2, -0.15) is 5.10 Å². The molecule has 0 saturated carbocycles. The molecule has 8 nitrogen and oxygen atoms in total. The van der Waals surface area contributed by atoms with Gasteiger partial charge in [0.05, 0.1) is 23.7 Å². The van der Waals surface area contributed by atoms with Crippen LogP contribution in [-0.4, -0.2) is 30.4 Å². The molecular weight excluding hydrogens is 464 g/mol. The number of imidazole rings is 1. The Bertz CT molecular complexity index is 1730. The zero-order valence-corrected chi connectivity index (χ0v) is 20.4. The molecule has 37 heavy (non-hydrogen) atoms. The van der Waals surface area contributed by atoms with Gasteiger partial charge in [-0.3, -0.25) is 19.4 Å². The number of hydrogen-bond acceptors (Lipinski definition) is 5. The van der Waals surface area contributed by atoms with Crippen LogP contribution in [-0.2, 0) is 18.3 Å². The minimum Gasteiger partial charge on any atom is -0.338 e. The van der Waals surface area contributed by atoms with Crippen molar-refractivity contribution in [1.82, 2.24) is 24.5 Å². The topological polar surface area (TPSA) is 90.8 Å². The van der Waals surface area contributed by atoms with Gasteiger partial charge in [0.2, 0.25) is 11.8 Å². The standard InChI is InChI=1S/C29H24N6O2/c1-19-4-3-5-22(12-19)25-15-29(37-33-25)32-28(36)13-20-6-9-24(10-7-20)35-18-30-26-14-21(8-11-27(26)35)23-16-31-34(2)17-23/h3-12,14-18H,13H2,1-2H3,(H,32,36). The van der Waals surface area contributed by atoms with E-state index >= 15 is 0 Å². The van der Waals surface area contributed by atoms with Crippen LogP contribution in [0.4, 0.5) is 5.88 Å². The van der Waals surface area contributed by atoms with E-state index in [1.165, 1.54) is 0 Å². The molecule has 3 aromatic heterocycles. The molecule has 0 unspecified atom stereocenters. The molecule has 0 aliphatic rings. The normalized spacial score (nSPS) is 11.2. The number of carbonyl (C=O) groups excluding carboxylic acids is 1. The molecular formula is C29H24N6O2. The van der Waals surface area contributed by atoms with Crippen molar-refractivity contribution in [3.05, 3.63) is 103 Å². The maximum Gasteiger partial charge on any atom is 0.231 e. The van der Waals surface area contributed by atoms with Crippen LogP contribution >= 0.6 is 0 Å². The molecule has 8 heteroatoms. The highest BCUT2D eigenvalue weighted by atomic mass is 16.5. The molecule has 0 aliphatic heterocycles. The van der Waals surface area contributed by atoms with Gasteiger partial charge in [-0.15, -0.1) is 0 Å². The average Bonchev–Trinajstić information content (AvgIpc) is 3.64. The smallest absolute Gasteiger partial charge is 0.231 e. The van der Waals surface area contributed by atoms with Crippen LogP contribution in [0.5, 0.6) is 0 Å². The first-order valence-electron chi connectivity index (χ1n) is 11.9. The molecule has 6 aromatic rings. The van der Waals surface area contributed by atoms with E-state index in [0.29, 0.717) is 11.6 Å². The Labute approximate surface area is 213 Å². The number of aromatic nitrogens is 5. The van der Waals surface area contributed by atoms with E-state index in [1.54, 1.807) is 10.7 Å². The molecule has 1 N–H and O–H groups in total. The van der Waals surface area contributed by atoms with Crippen molar-refractivity contribution in [2.24, 2.45) is 7.05 Å². The summed E-state index contributed by atoms with van der Waals surface area (Å²) in [7, 11) is 1.90. The van der Waals surface area contributed by atoms with Gasteiger partial charge in [-0.1, -0.05) is 47.1 Å². The molecule has 0 aliphatic carbocycles. The van der Waals surface area contributed by atoms with Gasteiger partial charge in [0.15, 0.2) is 0 Å². The molecule has 1 amide bonds. The highest BCUT2D eigenvalue weighted by Gasteiger charge is 2.12. The fourth-order valence-corrected chi connectivity index (χ4v) is 4.38. The van der Waals surface area contributed by atoms with Crippen molar-refractivity contribution >= 4 is 22.8 Å². The maximum absolute atomic E-state index is 12.6. The Morgan fingerprint density at radius 1 is 0.973 bits per heavy atom. The zero-order valence-electron chi connectivity index (χ0n) is 20.4. The van der Waals surface area contributed by atoms with E-state index < -0.39 is 0 Å². The number of aryl methyl sites for hydroxylation is 2. The van der Waals surface area contributed by atoms with Gasteiger partial charge in [0.1, 0.15) is 12.0 Å². The number of nitrogens with zero attached hydrogens (tertiary/aromatic N) is 5. The van der Waals surface area contributed by atoms with Crippen molar-refractivity contribution in [2.75, 3.05) is 5.32 Å². The number of anilines is 1. The van der Waals surface area contributed by atoms with Crippen molar-refractivity contribution < 1.29 is 9.32 Å². The number of fused-ring (bicyclic) bond motifs is 1. The molecule has 0 radical (unpaired) electrons. The number of rotatable bonds is 6. The van der Waals surface area contributed by atoms with Crippen molar-refractivity contribution in [2.45, 2.75) is 13.3 Å². The number of benzene rings is 3. The molecule has 3 heterocycles. The third kappa shape index (κ3) is 4.64. The molecule has 0 spiro atoms. The van der Waals surface area contributed by atoms with Crippen molar-refractivity contribution in [3.63, 3.8) is 0 Å². The van der Waals surface area contributed by atoms with E-state index in [1.807, 2.05) is 85.8 Å². The SMILES string of the molecule is Cc1cccc(-c2cc(NC(=O)Cc3ccc(-n4cnc5cc(-c6cnn(C)c6)ccc54)cc3)on2)c1. The first-order chi connectivity index (χ1) is 18.0. The summed E-state index contributed by atoms with van der Waals surface area (Å²) in [6.07, 6.45) is 5.87. The summed E-state index contributed by atoms with van der Waals surface area (Å²) in [4.78, 5) is 17.2. The summed E-state index contributed by atoms with van der Waals surface area (Å²) in [6, 6.07) is 23.8. The van der Waals surface area contributed by atoms with Gasteiger partial charge < -0.3 is 4.52 Å². The van der Waals surface area contributed by atoms with Crippen LogP contribution in [0.2, 0.25) is 0 Å². The minimum atomic E-state index is -0.171. The lowest BCUT2D eigenvalue weighted by molar-refractivity contribution is -0.115. The monoisotopic (exact) mass is 488 g/mol. The van der Waals surface area contributed by atoms with E-state index in [2.05, 4.69) is 38.8 Å². The number of nitrogens with one attached hydrogen (secondary N) is 1. The second-order valence-corrected chi connectivity index (χ2v) is 9.06. The summed E-state index contributed by atoms with van der Waals surface area (Å²) in [5.41, 5.74) is 8.66. The van der Waals surface area contributed by atoms with Gasteiger partial charge in [-0.05, 0) is 48.4 Å². The second-order valence-electron chi connectivity index (χ2n) is 9.06. The first-order valence-corrected chi connectivity index (χ1v) is 11.9. The number of hydrogen-bond donors (Lipinski definition) is 1. The Morgan fingerprint density at radius 2 is 1.84 bits per heavy atom. The third-order valence-corrected chi connectivity index (χ3v) is 6.25. The van der Waals surface area contributed by atoms with Gasteiger partial charge in [-0.25, -0.2) is 4.98 Å². The second kappa shape index (κ2) is 9.23. The lowest BCUT2D eigenvalue weighted by Gasteiger charge is -2.07. The van der Waals surface area contributed by atoms with Crippen molar-refractivity contribution in [1.29, 1.82) is 0 Å². The zero-order chi connectivity index (χ0) is 25.4. The predicted molar refractivity (Wildman–Crippen MR) is 142 cm³/mol. The fraction of sp³-hybridized carbons (Fsp3) is 0.103. The summed E-state index contributed by atoms with van der Waals surface area (Å²) in [5, 5.41) is 11.1. The van der Waals surface area contributed by atoms with Crippen LogP contribution < -0.4 is 5.32 Å². The third-order valence-electron chi connectivity index (χ3n) is 6.25. The molecule has 0 bridgehead atoms. The van der Waals surface area contributed by atoms with Gasteiger partial charge in [0.25, 0.3) is 0 Å². The molecule has 0 fully saturated rings. The van der Waals surface area contributed by atoms with Gasteiger partial charge in [0, 0.05) is 36.1 Å². The first kappa shape index (κ1) is 22.5. The van der Waals surface area contributed by atoms with Crippen LogP contribution in [0.25, 0.3) is 39.1 Å². The Kier molecular flexibility index (Phi) is 5.61. The molecule has 3 aromatic carbocycles. The van der Waals surface area contributed by atoms with E-state index in [9.17, 15) is 4.79 Å². The Morgan fingerprint density at radius 3 is 2.62 bits per heavy atom. The summed E-state index contributed by atoms with van der Waals surface area (Å²) < 4.78 is 9.14. The van der Waals surface area contributed by atoms with Crippen LogP contribution in [0, 0.1) is 6.92 Å². The molecule has 6 rings (SSSR count). The van der Waals surface area contributed by atoms with E-state index in [-0.39, 0.29) is 12.3 Å². The lowest BCUT2D eigenvalue weighted by atomic mass is 10.1. The van der Waals surface area contributed by atoms with Crippen LogP contribution in [0.15, 0.2) is 96.0 Å². The van der Waals surface area contributed by atoms with Crippen LogP contribution in [0.3, 0.4) is 0 Å². The van der Waals surface area contributed by atoms with Crippen LogP contribution in [0.1, 0.15) is 11.1 Å². The van der Waals surface area contributed by atoms with E-state index in [4.69, 9.17) is 4.52 Å². The quantitative estimate of drug-likeness (QED) is 0.331. The van der Waals surface area contributed by atoms with Gasteiger partial charge >= 0.3 is 0 Å². The Balaban J connectivity index is 1.14. The highest BCUT2D eigenvalue weighted by Crippen LogP contribution is 2.26. The fourth-order valence-electron chi connectivity index (χ4n) is 4.38. The predicted octanol–water partition coefficient (Wildman–Crippen LogP) is 5.57.